The summed E-state index contributed by atoms with van der Waals surface area (Å²) < 4.78 is 5.82. The Hall–Kier alpha value is -3.96. The Morgan fingerprint density at radius 2 is 1.74 bits per heavy atom. The van der Waals surface area contributed by atoms with Crippen LogP contribution < -0.4 is 5.01 Å². The number of hydrogen-bond acceptors (Lipinski definition) is 5. The van der Waals surface area contributed by atoms with Crippen molar-refractivity contribution in [3.05, 3.63) is 113 Å². The molecular weight excluding hydrogens is 456 g/mol. The maximum atomic E-state index is 6.34. The Kier molecular flexibility index (Phi) is 5.55. The number of aryl methyl sites for hydroxylation is 1. The van der Waals surface area contributed by atoms with Crippen molar-refractivity contribution in [3.8, 4) is 11.3 Å². The van der Waals surface area contributed by atoms with Crippen molar-refractivity contribution < 1.29 is 4.42 Å². The zero-order valence-electron chi connectivity index (χ0n) is 19.2. The molecule has 0 saturated heterocycles. The summed E-state index contributed by atoms with van der Waals surface area (Å²) in [4.78, 5) is 9.92. The lowest BCUT2D eigenvalue weighted by Gasteiger charge is -2.21. The van der Waals surface area contributed by atoms with Gasteiger partial charge in [-0.05, 0) is 47.9 Å². The SMILES string of the molecule is CCc1ccc(C2=NN(c3nc(-c4ccccc4)c4cc(Cl)ccc4n3)[C@H](c3ccco3)C2)cc1. The van der Waals surface area contributed by atoms with Crippen LogP contribution in [0.15, 0.2) is 101 Å². The summed E-state index contributed by atoms with van der Waals surface area (Å²) in [7, 11) is 0. The number of hydrazone groups is 1. The predicted octanol–water partition coefficient (Wildman–Crippen LogP) is 7.46. The molecule has 6 rings (SSSR count). The third-order valence-corrected chi connectivity index (χ3v) is 6.61. The van der Waals surface area contributed by atoms with Gasteiger partial charge in [0.1, 0.15) is 11.8 Å². The fraction of sp³-hybridized carbons (Fsp3) is 0.138. The van der Waals surface area contributed by atoms with Crippen molar-refractivity contribution in [2.45, 2.75) is 25.8 Å². The molecule has 1 atom stereocenters. The summed E-state index contributed by atoms with van der Waals surface area (Å²) >= 11 is 6.34. The summed E-state index contributed by atoms with van der Waals surface area (Å²) in [6.45, 7) is 2.16. The number of anilines is 1. The molecule has 5 nitrogen and oxygen atoms in total. The molecule has 6 heteroatoms. The summed E-state index contributed by atoms with van der Waals surface area (Å²) in [5.41, 5.74) is 6.01. The second-order valence-electron chi connectivity index (χ2n) is 8.58. The minimum atomic E-state index is -0.140. The van der Waals surface area contributed by atoms with Crippen LogP contribution >= 0.6 is 11.6 Å². The van der Waals surface area contributed by atoms with Crippen molar-refractivity contribution in [1.29, 1.82) is 0 Å². The van der Waals surface area contributed by atoms with Gasteiger partial charge in [-0.3, -0.25) is 0 Å². The third-order valence-electron chi connectivity index (χ3n) is 6.38. The molecule has 0 aliphatic carbocycles. The minimum Gasteiger partial charge on any atom is -0.467 e. The monoisotopic (exact) mass is 478 g/mol. The van der Waals surface area contributed by atoms with Crippen molar-refractivity contribution >= 4 is 34.2 Å². The number of fused-ring (bicyclic) bond motifs is 1. The Bertz CT molecular complexity index is 1510. The molecule has 2 aromatic heterocycles. The first-order valence-electron chi connectivity index (χ1n) is 11.7. The largest absolute Gasteiger partial charge is 0.467 e. The van der Waals surface area contributed by atoms with Crippen LogP contribution in [0.25, 0.3) is 22.2 Å². The van der Waals surface area contributed by atoms with E-state index in [4.69, 9.17) is 31.1 Å². The van der Waals surface area contributed by atoms with Gasteiger partial charge >= 0.3 is 0 Å². The first-order valence-corrected chi connectivity index (χ1v) is 12.1. The van der Waals surface area contributed by atoms with Crippen LogP contribution in [-0.2, 0) is 6.42 Å². The molecule has 0 radical (unpaired) electrons. The number of hydrogen-bond donors (Lipinski definition) is 0. The molecule has 5 aromatic rings. The Morgan fingerprint density at radius 1 is 0.914 bits per heavy atom. The summed E-state index contributed by atoms with van der Waals surface area (Å²) in [6, 6.07) is 28.1. The molecule has 35 heavy (non-hydrogen) atoms. The number of nitrogens with zero attached hydrogens (tertiary/aromatic N) is 4. The second-order valence-corrected chi connectivity index (χ2v) is 9.01. The van der Waals surface area contributed by atoms with Gasteiger partial charge in [-0.15, -0.1) is 0 Å². The first kappa shape index (κ1) is 21.6. The zero-order chi connectivity index (χ0) is 23.8. The van der Waals surface area contributed by atoms with Gasteiger partial charge in [0, 0.05) is 22.4 Å². The molecule has 0 bridgehead atoms. The van der Waals surface area contributed by atoms with Gasteiger partial charge in [0.15, 0.2) is 0 Å². The molecule has 0 amide bonds. The number of furan rings is 1. The first-order chi connectivity index (χ1) is 17.2. The van der Waals surface area contributed by atoms with Crippen LogP contribution in [-0.4, -0.2) is 15.7 Å². The van der Waals surface area contributed by atoms with E-state index in [0.717, 1.165) is 45.6 Å². The van der Waals surface area contributed by atoms with Gasteiger partial charge in [-0.1, -0.05) is 73.1 Å². The number of aromatic nitrogens is 2. The van der Waals surface area contributed by atoms with Gasteiger partial charge in [-0.25, -0.2) is 15.0 Å². The molecule has 0 saturated carbocycles. The van der Waals surface area contributed by atoms with Gasteiger partial charge in [0.25, 0.3) is 0 Å². The van der Waals surface area contributed by atoms with Crippen molar-refractivity contribution in [2.75, 3.05) is 5.01 Å². The smallest absolute Gasteiger partial charge is 0.248 e. The van der Waals surface area contributed by atoms with E-state index in [0.29, 0.717) is 17.4 Å². The third kappa shape index (κ3) is 4.08. The van der Waals surface area contributed by atoms with Crippen molar-refractivity contribution in [3.63, 3.8) is 0 Å². The van der Waals surface area contributed by atoms with Gasteiger partial charge in [-0.2, -0.15) is 5.10 Å². The van der Waals surface area contributed by atoms with E-state index >= 15 is 0 Å². The molecule has 1 aliphatic rings. The average Bonchev–Trinajstić information content (AvgIpc) is 3.59. The van der Waals surface area contributed by atoms with E-state index in [1.807, 2.05) is 65.7 Å². The van der Waals surface area contributed by atoms with Crippen molar-refractivity contribution in [1.82, 2.24) is 9.97 Å². The summed E-state index contributed by atoms with van der Waals surface area (Å²) in [5.74, 6) is 1.36. The van der Waals surface area contributed by atoms with Gasteiger partial charge in [0.05, 0.1) is 23.2 Å². The molecule has 0 spiro atoms. The molecule has 0 fully saturated rings. The molecule has 0 N–H and O–H groups in total. The molecule has 172 valence electrons. The number of benzene rings is 3. The van der Waals surface area contributed by atoms with E-state index in [-0.39, 0.29) is 6.04 Å². The van der Waals surface area contributed by atoms with Gasteiger partial charge in [0.2, 0.25) is 5.95 Å². The molecular formula is C29H23ClN4O. The van der Waals surface area contributed by atoms with Crippen LogP contribution in [0, 0.1) is 0 Å². The molecule has 0 unspecified atom stereocenters. The number of rotatable bonds is 5. The highest BCUT2D eigenvalue weighted by atomic mass is 35.5. The predicted molar refractivity (Wildman–Crippen MR) is 141 cm³/mol. The zero-order valence-corrected chi connectivity index (χ0v) is 20.0. The number of halogens is 1. The molecule has 1 aliphatic heterocycles. The van der Waals surface area contributed by atoms with E-state index in [1.54, 1.807) is 6.26 Å². The molecule has 3 heterocycles. The van der Waals surface area contributed by atoms with Crippen LogP contribution in [0.2, 0.25) is 5.02 Å². The Balaban J connectivity index is 1.51. The topological polar surface area (TPSA) is 54.5 Å². The highest BCUT2D eigenvalue weighted by Gasteiger charge is 2.34. The van der Waals surface area contributed by atoms with E-state index in [9.17, 15) is 0 Å². The lowest BCUT2D eigenvalue weighted by atomic mass is 10.0. The lowest BCUT2D eigenvalue weighted by Crippen LogP contribution is -2.20. The summed E-state index contributed by atoms with van der Waals surface area (Å²) in [6.07, 6.45) is 3.40. The van der Waals surface area contributed by atoms with Gasteiger partial charge < -0.3 is 4.42 Å². The summed E-state index contributed by atoms with van der Waals surface area (Å²) in [5, 5.41) is 8.46. The van der Waals surface area contributed by atoms with Crippen LogP contribution in [0.1, 0.15) is 36.3 Å². The van der Waals surface area contributed by atoms with Crippen molar-refractivity contribution in [2.24, 2.45) is 5.10 Å². The van der Waals surface area contributed by atoms with Crippen LogP contribution in [0.3, 0.4) is 0 Å². The maximum absolute atomic E-state index is 6.34. The van der Waals surface area contributed by atoms with E-state index in [2.05, 4.69) is 31.2 Å². The van der Waals surface area contributed by atoms with E-state index in [1.165, 1.54) is 5.56 Å². The fourth-order valence-electron chi connectivity index (χ4n) is 4.51. The average molecular weight is 479 g/mol. The Labute approximate surface area is 208 Å². The normalized spacial score (nSPS) is 15.5. The quantitative estimate of drug-likeness (QED) is 0.263. The highest BCUT2D eigenvalue weighted by Crippen LogP contribution is 2.38. The van der Waals surface area contributed by atoms with Crippen LogP contribution in [0.5, 0.6) is 0 Å². The second kappa shape index (κ2) is 9.01. The minimum absolute atomic E-state index is 0.140. The fourth-order valence-corrected chi connectivity index (χ4v) is 4.68. The highest BCUT2D eigenvalue weighted by molar-refractivity contribution is 6.31. The lowest BCUT2D eigenvalue weighted by molar-refractivity contribution is 0.463. The molecule has 3 aromatic carbocycles. The maximum Gasteiger partial charge on any atom is 0.248 e. The van der Waals surface area contributed by atoms with E-state index < -0.39 is 0 Å². The van der Waals surface area contributed by atoms with Crippen LogP contribution in [0.4, 0.5) is 5.95 Å². The Morgan fingerprint density at radius 3 is 2.49 bits per heavy atom. The standard InChI is InChI=1S/C29H23ClN4O/c1-2-19-10-12-20(13-11-19)25-18-26(27-9-6-16-35-27)34(33-25)29-31-24-15-14-22(30)17-23(24)28(32-29)21-7-4-3-5-8-21/h3-17,26H,2,18H2,1H3/t26-/m0/s1.